The third-order valence-corrected chi connectivity index (χ3v) is 7.18. The molecular formula is C19H28N2O3. The van der Waals surface area contributed by atoms with Crippen LogP contribution < -0.4 is 5.32 Å². The van der Waals surface area contributed by atoms with Crippen molar-refractivity contribution in [2.24, 2.45) is 23.2 Å². The second-order valence-corrected chi connectivity index (χ2v) is 8.64. The standard InChI is InChI=1S/C19H28N2O3/c1-12(15-9-13-4-5-14(15)8-13)20-16(22)11-21-17(23)10-19(18(21)24)6-2-3-7-19/h12-15H,2-11H2,1H3,(H,20,22)/t12-,13+,14+,15+/m1/s1. The minimum Gasteiger partial charge on any atom is -0.352 e. The fourth-order valence-electron chi connectivity index (χ4n) is 5.92. The van der Waals surface area contributed by atoms with Crippen LogP contribution in [0.25, 0.3) is 0 Å². The van der Waals surface area contributed by atoms with E-state index < -0.39 is 5.41 Å². The summed E-state index contributed by atoms with van der Waals surface area (Å²) in [7, 11) is 0. The summed E-state index contributed by atoms with van der Waals surface area (Å²) in [6.07, 6.45) is 9.12. The number of hydrogen-bond acceptors (Lipinski definition) is 3. The van der Waals surface area contributed by atoms with Crippen LogP contribution in [0.4, 0.5) is 0 Å². The maximum atomic E-state index is 12.6. The Labute approximate surface area is 143 Å². The smallest absolute Gasteiger partial charge is 0.240 e. The molecule has 24 heavy (non-hydrogen) atoms. The lowest BCUT2D eigenvalue weighted by atomic mass is 9.84. The molecule has 1 spiro atoms. The molecule has 4 rings (SSSR count). The van der Waals surface area contributed by atoms with E-state index in [0.717, 1.165) is 37.5 Å². The van der Waals surface area contributed by atoms with E-state index >= 15 is 0 Å². The van der Waals surface area contributed by atoms with Gasteiger partial charge in [-0.25, -0.2) is 0 Å². The van der Waals surface area contributed by atoms with E-state index in [9.17, 15) is 14.4 Å². The van der Waals surface area contributed by atoms with Crippen molar-refractivity contribution in [2.75, 3.05) is 6.54 Å². The number of carbonyl (C=O) groups excluding carboxylic acids is 3. The van der Waals surface area contributed by atoms with Crippen LogP contribution in [0.3, 0.4) is 0 Å². The maximum absolute atomic E-state index is 12.6. The molecule has 132 valence electrons. The molecule has 0 aromatic carbocycles. The summed E-state index contributed by atoms with van der Waals surface area (Å²) >= 11 is 0. The van der Waals surface area contributed by atoms with Gasteiger partial charge in [0, 0.05) is 12.5 Å². The molecule has 4 aliphatic rings. The van der Waals surface area contributed by atoms with Crippen molar-refractivity contribution < 1.29 is 14.4 Å². The highest BCUT2D eigenvalue weighted by atomic mass is 16.2. The summed E-state index contributed by atoms with van der Waals surface area (Å²) in [4.78, 5) is 38.5. The van der Waals surface area contributed by atoms with E-state index in [1.54, 1.807) is 0 Å². The SMILES string of the molecule is C[C@@H](NC(=O)CN1C(=O)CC2(CCCC2)C1=O)[C@@H]1C[C@H]2CC[C@H]1C2. The van der Waals surface area contributed by atoms with Gasteiger partial charge in [0.2, 0.25) is 17.7 Å². The van der Waals surface area contributed by atoms with Crippen LogP contribution in [-0.4, -0.2) is 35.2 Å². The van der Waals surface area contributed by atoms with E-state index in [2.05, 4.69) is 12.2 Å². The quantitative estimate of drug-likeness (QED) is 0.803. The van der Waals surface area contributed by atoms with Crippen molar-refractivity contribution in [3.05, 3.63) is 0 Å². The number of rotatable bonds is 4. The largest absolute Gasteiger partial charge is 0.352 e. The molecule has 1 N–H and O–H groups in total. The third kappa shape index (κ3) is 2.56. The van der Waals surface area contributed by atoms with Gasteiger partial charge >= 0.3 is 0 Å². The van der Waals surface area contributed by atoms with Crippen molar-refractivity contribution >= 4 is 17.7 Å². The second kappa shape index (κ2) is 5.85. The summed E-state index contributed by atoms with van der Waals surface area (Å²) < 4.78 is 0. The van der Waals surface area contributed by atoms with Gasteiger partial charge in [-0.2, -0.15) is 0 Å². The van der Waals surface area contributed by atoms with Crippen LogP contribution >= 0.6 is 0 Å². The number of imide groups is 1. The van der Waals surface area contributed by atoms with Gasteiger partial charge in [-0.1, -0.05) is 19.3 Å². The van der Waals surface area contributed by atoms with Crippen molar-refractivity contribution in [1.29, 1.82) is 0 Å². The summed E-state index contributed by atoms with van der Waals surface area (Å²) in [5.74, 6) is 1.73. The highest BCUT2D eigenvalue weighted by Gasteiger charge is 2.53. The molecule has 1 saturated heterocycles. The number of likely N-dealkylation sites (tertiary alicyclic amines) is 1. The first-order valence-corrected chi connectivity index (χ1v) is 9.63. The van der Waals surface area contributed by atoms with Gasteiger partial charge in [0.1, 0.15) is 6.54 Å². The number of hydrogen-bond donors (Lipinski definition) is 1. The fraction of sp³-hybridized carbons (Fsp3) is 0.842. The molecule has 3 amide bonds. The minimum atomic E-state index is -0.479. The Bertz CT molecular complexity index is 567. The first kappa shape index (κ1) is 16.1. The second-order valence-electron chi connectivity index (χ2n) is 8.64. The molecule has 3 aliphatic carbocycles. The lowest BCUT2D eigenvalue weighted by molar-refractivity contribution is -0.145. The monoisotopic (exact) mass is 332 g/mol. The van der Waals surface area contributed by atoms with Gasteiger partial charge in [-0.05, 0) is 56.8 Å². The van der Waals surface area contributed by atoms with Crippen molar-refractivity contribution in [3.8, 4) is 0 Å². The molecule has 0 unspecified atom stereocenters. The van der Waals surface area contributed by atoms with E-state index in [4.69, 9.17) is 0 Å². The molecule has 4 fully saturated rings. The van der Waals surface area contributed by atoms with Gasteiger partial charge < -0.3 is 5.32 Å². The number of fused-ring (bicyclic) bond motifs is 2. The third-order valence-electron chi connectivity index (χ3n) is 7.18. The van der Waals surface area contributed by atoms with E-state index in [0.29, 0.717) is 12.3 Å². The molecule has 1 heterocycles. The van der Waals surface area contributed by atoms with Gasteiger partial charge in [-0.15, -0.1) is 0 Å². The highest BCUT2D eigenvalue weighted by Crippen LogP contribution is 2.49. The van der Waals surface area contributed by atoms with Gasteiger partial charge in [-0.3, -0.25) is 19.3 Å². The topological polar surface area (TPSA) is 66.5 Å². The Morgan fingerprint density at radius 1 is 1.25 bits per heavy atom. The summed E-state index contributed by atoms with van der Waals surface area (Å²) in [6.45, 7) is 1.99. The fourth-order valence-corrected chi connectivity index (χ4v) is 5.92. The summed E-state index contributed by atoms with van der Waals surface area (Å²) in [5.41, 5.74) is -0.479. The normalized spacial score (nSPS) is 35.2. The zero-order valence-corrected chi connectivity index (χ0v) is 14.6. The first-order chi connectivity index (χ1) is 11.5. The molecule has 0 aromatic rings. The average Bonchev–Trinajstić information content (AvgIpc) is 3.30. The van der Waals surface area contributed by atoms with Crippen LogP contribution in [0.15, 0.2) is 0 Å². The molecule has 5 nitrogen and oxygen atoms in total. The Morgan fingerprint density at radius 2 is 2.00 bits per heavy atom. The van der Waals surface area contributed by atoms with Crippen LogP contribution in [0.2, 0.25) is 0 Å². The predicted molar refractivity (Wildman–Crippen MR) is 88.8 cm³/mol. The van der Waals surface area contributed by atoms with Crippen LogP contribution in [0.5, 0.6) is 0 Å². The Kier molecular flexibility index (Phi) is 3.92. The molecule has 5 heteroatoms. The Morgan fingerprint density at radius 3 is 2.62 bits per heavy atom. The van der Waals surface area contributed by atoms with E-state index in [1.165, 1.54) is 30.6 Å². The van der Waals surface area contributed by atoms with E-state index in [1.807, 2.05) is 0 Å². The van der Waals surface area contributed by atoms with Crippen LogP contribution in [0, 0.1) is 23.2 Å². The molecule has 1 aliphatic heterocycles. The summed E-state index contributed by atoms with van der Waals surface area (Å²) in [6, 6.07) is 0.140. The lowest BCUT2D eigenvalue weighted by Crippen LogP contribution is -2.47. The van der Waals surface area contributed by atoms with E-state index in [-0.39, 0.29) is 30.3 Å². The lowest BCUT2D eigenvalue weighted by Gasteiger charge is -2.29. The number of nitrogens with one attached hydrogen (secondary N) is 1. The average molecular weight is 332 g/mol. The summed E-state index contributed by atoms with van der Waals surface area (Å²) in [5, 5.41) is 3.07. The Balaban J connectivity index is 1.34. The number of amides is 3. The number of carbonyl (C=O) groups is 3. The molecule has 3 saturated carbocycles. The van der Waals surface area contributed by atoms with Gasteiger partial charge in [0.25, 0.3) is 0 Å². The zero-order chi connectivity index (χ0) is 16.9. The van der Waals surface area contributed by atoms with Gasteiger partial charge in [0.15, 0.2) is 0 Å². The van der Waals surface area contributed by atoms with Gasteiger partial charge in [0.05, 0.1) is 5.41 Å². The zero-order valence-electron chi connectivity index (χ0n) is 14.6. The van der Waals surface area contributed by atoms with Crippen molar-refractivity contribution in [3.63, 3.8) is 0 Å². The van der Waals surface area contributed by atoms with Crippen molar-refractivity contribution in [2.45, 2.75) is 70.8 Å². The number of nitrogens with zero attached hydrogens (tertiary/aromatic N) is 1. The first-order valence-electron chi connectivity index (χ1n) is 9.63. The predicted octanol–water partition coefficient (Wildman–Crippen LogP) is 2.25. The van der Waals surface area contributed by atoms with Crippen LogP contribution in [0.1, 0.15) is 64.7 Å². The Hall–Kier alpha value is -1.39. The van der Waals surface area contributed by atoms with Crippen molar-refractivity contribution in [1.82, 2.24) is 10.2 Å². The minimum absolute atomic E-state index is 0.0927. The maximum Gasteiger partial charge on any atom is 0.240 e. The molecule has 0 aromatic heterocycles. The molecular weight excluding hydrogens is 304 g/mol. The van der Waals surface area contributed by atoms with Crippen LogP contribution in [-0.2, 0) is 14.4 Å². The highest BCUT2D eigenvalue weighted by molar-refractivity contribution is 6.08. The molecule has 4 atom stereocenters. The molecule has 0 radical (unpaired) electrons. The molecule has 2 bridgehead atoms.